The van der Waals surface area contributed by atoms with E-state index in [1.807, 2.05) is 45.9 Å². The lowest BCUT2D eigenvalue weighted by molar-refractivity contribution is 0.00578. The summed E-state index contributed by atoms with van der Waals surface area (Å²) in [5.41, 5.74) is 0.164. The molecule has 1 aromatic heterocycles. The molecule has 0 spiro atoms. The molecule has 2 rings (SSSR count). The Hall–Kier alpha value is -0.385. The normalized spacial score (nSPS) is 22.4. The Morgan fingerprint density at radius 2 is 1.69 bits per heavy atom. The van der Waals surface area contributed by atoms with Gasteiger partial charge in [-0.15, -0.1) is 0 Å². The van der Waals surface area contributed by atoms with Crippen molar-refractivity contribution < 1.29 is 9.31 Å². The molecule has 5 heteroatoms. The minimum Gasteiger partial charge on any atom is -0.398 e. The van der Waals surface area contributed by atoms with Gasteiger partial charge >= 0.3 is 7.12 Å². The van der Waals surface area contributed by atoms with Crippen LogP contribution in [0.25, 0.3) is 0 Å². The van der Waals surface area contributed by atoms with Gasteiger partial charge in [-0.05, 0) is 55.8 Å². The van der Waals surface area contributed by atoms with Crippen molar-refractivity contribution in [2.75, 3.05) is 0 Å². The molecule has 1 aliphatic rings. The van der Waals surface area contributed by atoms with Crippen molar-refractivity contribution in [2.45, 2.75) is 38.9 Å². The Balaban J connectivity index is 2.27. The molecule has 2 heterocycles. The van der Waals surface area contributed by atoms with Crippen LogP contribution in [0.4, 0.5) is 0 Å². The van der Waals surface area contributed by atoms with E-state index in [1.165, 1.54) is 0 Å². The molecule has 0 N–H and O–H groups in total. The van der Waals surface area contributed by atoms with Crippen molar-refractivity contribution in [2.24, 2.45) is 0 Å². The third-order valence-electron chi connectivity index (χ3n) is 3.23. The minimum absolute atomic E-state index is 0.318. The first-order valence-electron chi connectivity index (χ1n) is 5.30. The maximum Gasteiger partial charge on any atom is 0.514 e. The zero-order valence-corrected chi connectivity index (χ0v) is 11.5. The number of rotatable bonds is 1. The van der Waals surface area contributed by atoms with E-state index in [1.54, 1.807) is 0 Å². The second kappa shape index (κ2) is 3.82. The predicted octanol–water partition coefficient (Wildman–Crippen LogP) is 2.14. The van der Waals surface area contributed by atoms with E-state index in [-0.39, 0.29) is 18.3 Å². The van der Waals surface area contributed by atoms with Gasteiger partial charge in [0.15, 0.2) is 0 Å². The summed E-state index contributed by atoms with van der Waals surface area (Å²) >= 11 is 3.34. The maximum atomic E-state index is 5.90. The van der Waals surface area contributed by atoms with E-state index in [4.69, 9.17) is 9.31 Å². The predicted molar refractivity (Wildman–Crippen MR) is 67.7 cm³/mol. The third kappa shape index (κ3) is 2.04. The lowest BCUT2D eigenvalue weighted by Gasteiger charge is -2.32. The molecule has 86 valence electrons. The molecule has 1 aromatic rings. The van der Waals surface area contributed by atoms with E-state index >= 15 is 0 Å². The van der Waals surface area contributed by atoms with Crippen LogP contribution in [0.1, 0.15) is 27.7 Å². The van der Waals surface area contributed by atoms with E-state index in [2.05, 4.69) is 20.9 Å². The highest BCUT2D eigenvalue weighted by atomic mass is 79.9. The van der Waals surface area contributed by atoms with Crippen LogP contribution in [0.15, 0.2) is 22.8 Å². The zero-order valence-electron chi connectivity index (χ0n) is 9.95. The molecule has 0 bridgehead atoms. The Labute approximate surface area is 105 Å². The topological polar surface area (TPSA) is 31.4 Å². The number of hydrogen-bond donors (Lipinski definition) is 0. The Morgan fingerprint density at radius 1 is 1.12 bits per heavy atom. The highest BCUT2D eigenvalue weighted by Gasteiger charge is 2.52. The second-order valence-corrected chi connectivity index (χ2v) is 5.79. The number of pyridine rings is 1. The molecule has 16 heavy (non-hydrogen) atoms. The fourth-order valence-electron chi connectivity index (χ4n) is 1.52. The summed E-state index contributed by atoms with van der Waals surface area (Å²) in [4.78, 5) is 4.35. The van der Waals surface area contributed by atoms with Gasteiger partial charge in [0, 0.05) is 0 Å². The first-order valence-corrected chi connectivity index (χ1v) is 6.09. The molecule has 1 fully saturated rings. The third-order valence-corrected chi connectivity index (χ3v) is 3.67. The second-order valence-electron chi connectivity index (χ2n) is 4.97. The summed E-state index contributed by atoms with van der Waals surface area (Å²) in [6, 6.07) is 5.72. The summed E-state index contributed by atoms with van der Waals surface area (Å²) in [5, 5.41) is 0. The van der Waals surface area contributed by atoms with Crippen molar-refractivity contribution in [3.8, 4) is 0 Å². The van der Waals surface area contributed by atoms with Gasteiger partial charge in [-0.1, -0.05) is 6.07 Å². The summed E-state index contributed by atoms with van der Waals surface area (Å²) in [7, 11) is -0.387. The van der Waals surface area contributed by atoms with Crippen LogP contribution in [0.2, 0.25) is 0 Å². The Morgan fingerprint density at radius 3 is 2.19 bits per heavy atom. The van der Waals surface area contributed by atoms with Gasteiger partial charge in [-0.2, -0.15) is 0 Å². The van der Waals surface area contributed by atoms with Crippen LogP contribution < -0.4 is 5.59 Å². The van der Waals surface area contributed by atoms with E-state index < -0.39 is 0 Å². The van der Waals surface area contributed by atoms with Gasteiger partial charge in [-0.25, -0.2) is 4.98 Å². The largest absolute Gasteiger partial charge is 0.514 e. The van der Waals surface area contributed by atoms with Gasteiger partial charge in [-0.3, -0.25) is 0 Å². The minimum atomic E-state index is -0.387. The molecule has 0 atom stereocenters. The van der Waals surface area contributed by atoms with Gasteiger partial charge in [0.2, 0.25) is 0 Å². The van der Waals surface area contributed by atoms with Crippen LogP contribution in [0.5, 0.6) is 0 Å². The Bertz CT molecular complexity index is 393. The Kier molecular flexibility index (Phi) is 2.89. The van der Waals surface area contributed by atoms with Gasteiger partial charge in [0.05, 0.1) is 16.8 Å². The number of hydrogen-bond acceptors (Lipinski definition) is 3. The van der Waals surface area contributed by atoms with E-state index in [0.29, 0.717) is 0 Å². The molecule has 0 unspecified atom stereocenters. The zero-order chi connectivity index (χ0) is 12.0. The van der Waals surface area contributed by atoms with Crippen LogP contribution in [-0.2, 0) is 9.31 Å². The van der Waals surface area contributed by atoms with Gasteiger partial charge < -0.3 is 9.31 Å². The highest BCUT2D eigenvalue weighted by molar-refractivity contribution is 9.10. The maximum absolute atomic E-state index is 5.90. The molecular weight excluding hydrogens is 269 g/mol. The molecule has 1 aliphatic heterocycles. The standard InChI is InChI=1S/C11H15BBrNO2/c1-10(2)11(3,4)16-12(15-10)8-6-5-7-9(13)14-8/h5-7H,1-4H3. The van der Waals surface area contributed by atoms with Crippen molar-refractivity contribution in [3.05, 3.63) is 22.8 Å². The summed E-state index contributed by atoms with van der Waals surface area (Å²) in [6.07, 6.45) is 0. The fourth-order valence-corrected chi connectivity index (χ4v) is 1.88. The summed E-state index contributed by atoms with van der Waals surface area (Å²) < 4.78 is 12.6. The summed E-state index contributed by atoms with van der Waals surface area (Å²) in [5.74, 6) is 0. The van der Waals surface area contributed by atoms with Crippen LogP contribution >= 0.6 is 15.9 Å². The molecule has 0 radical (unpaired) electrons. The molecule has 0 aromatic carbocycles. The summed E-state index contributed by atoms with van der Waals surface area (Å²) in [6.45, 7) is 8.13. The first kappa shape index (κ1) is 12.1. The highest BCUT2D eigenvalue weighted by Crippen LogP contribution is 2.36. The molecular formula is C11H15BBrNO2. The molecule has 1 saturated heterocycles. The quantitative estimate of drug-likeness (QED) is 0.585. The van der Waals surface area contributed by atoms with Crippen molar-refractivity contribution in [3.63, 3.8) is 0 Å². The fraction of sp³-hybridized carbons (Fsp3) is 0.545. The van der Waals surface area contributed by atoms with Crippen molar-refractivity contribution in [1.82, 2.24) is 4.98 Å². The number of halogens is 1. The van der Waals surface area contributed by atoms with Crippen molar-refractivity contribution in [1.29, 1.82) is 0 Å². The van der Waals surface area contributed by atoms with Crippen molar-refractivity contribution >= 4 is 28.6 Å². The lowest BCUT2D eigenvalue weighted by atomic mass is 9.84. The van der Waals surface area contributed by atoms with Crippen LogP contribution in [0, 0.1) is 0 Å². The van der Waals surface area contributed by atoms with Gasteiger partial charge in [0.25, 0.3) is 0 Å². The molecule has 0 saturated carbocycles. The smallest absolute Gasteiger partial charge is 0.398 e. The lowest BCUT2D eigenvalue weighted by Crippen LogP contribution is -2.41. The number of nitrogens with zero attached hydrogens (tertiary/aromatic N) is 1. The molecule has 3 nitrogen and oxygen atoms in total. The SMILES string of the molecule is CC1(C)OB(c2cccc(Br)n2)OC1(C)C. The average molecular weight is 284 g/mol. The number of aromatic nitrogens is 1. The monoisotopic (exact) mass is 283 g/mol. The first-order chi connectivity index (χ1) is 7.32. The van der Waals surface area contributed by atoms with Crippen LogP contribution in [0.3, 0.4) is 0 Å². The molecule has 0 amide bonds. The van der Waals surface area contributed by atoms with E-state index in [9.17, 15) is 0 Å². The van der Waals surface area contributed by atoms with E-state index in [0.717, 1.165) is 10.2 Å². The van der Waals surface area contributed by atoms with Gasteiger partial charge in [0.1, 0.15) is 4.60 Å². The molecule has 0 aliphatic carbocycles. The average Bonchev–Trinajstić information content (AvgIpc) is 2.36. The van der Waals surface area contributed by atoms with Crippen LogP contribution in [-0.4, -0.2) is 23.3 Å².